The molecule has 3 rings (SSSR count). The van der Waals surface area contributed by atoms with Crippen molar-refractivity contribution in [1.29, 1.82) is 0 Å². The smallest absolute Gasteiger partial charge is 0.251 e. The quantitative estimate of drug-likeness (QED) is 0.644. The van der Waals surface area contributed by atoms with Crippen LogP contribution < -0.4 is 10.2 Å². The Labute approximate surface area is 146 Å². The molecule has 25 heavy (non-hydrogen) atoms. The van der Waals surface area contributed by atoms with Crippen LogP contribution >= 0.6 is 0 Å². The molecule has 1 atom stereocenters. The molecule has 3 aromatic rings. The maximum atomic E-state index is 12.4. The van der Waals surface area contributed by atoms with Crippen molar-refractivity contribution < 1.29 is 9.90 Å². The van der Waals surface area contributed by atoms with Gasteiger partial charge in [0.25, 0.3) is 5.91 Å². The molecule has 0 saturated heterocycles. The largest absolute Gasteiger partial charge is 0.388 e. The summed E-state index contributed by atoms with van der Waals surface area (Å²) in [5, 5.41) is 12.1. The summed E-state index contributed by atoms with van der Waals surface area (Å²) in [6, 6.07) is 15.5. The number of rotatable bonds is 6. The summed E-state index contributed by atoms with van der Waals surface area (Å²) in [5.41, 5.74) is 3.15. The van der Waals surface area contributed by atoms with E-state index in [0.717, 1.165) is 16.7 Å². The number of aliphatic hydroxyl groups excluding tert-OH is 1. The van der Waals surface area contributed by atoms with Crippen LogP contribution in [-0.4, -0.2) is 40.6 Å². The van der Waals surface area contributed by atoms with Crippen molar-refractivity contribution in [3.8, 4) is 0 Å². The number of nitrogens with one attached hydrogen (secondary N) is 2. The molecule has 0 aliphatic carbocycles. The molecule has 6 heteroatoms. The number of carbonyl (C=O) groups is 1. The minimum Gasteiger partial charge on any atom is -0.388 e. The normalized spacial score (nSPS) is 12.1. The predicted octanol–water partition coefficient (Wildman–Crippen LogP) is 2.31. The number of anilines is 1. The molecule has 0 unspecified atom stereocenters. The average molecular weight is 338 g/mol. The first-order valence-corrected chi connectivity index (χ1v) is 8.24. The van der Waals surface area contributed by atoms with Gasteiger partial charge in [-0.05, 0) is 37.3 Å². The molecule has 6 nitrogen and oxygen atoms in total. The molecular formula is C19H22N4O2. The minimum absolute atomic E-state index is 0.129. The lowest BCUT2D eigenvalue weighted by atomic mass is 10.1. The van der Waals surface area contributed by atoms with Crippen LogP contribution in [0.15, 0.2) is 48.5 Å². The predicted molar refractivity (Wildman–Crippen MR) is 98.7 cm³/mol. The monoisotopic (exact) mass is 338 g/mol. The molecule has 3 N–H and O–H groups in total. The number of benzene rings is 2. The summed E-state index contributed by atoms with van der Waals surface area (Å²) in [5.74, 6) is 0.362. The second-order valence-corrected chi connectivity index (χ2v) is 6.08. The lowest BCUT2D eigenvalue weighted by molar-refractivity contribution is 0.0952. The van der Waals surface area contributed by atoms with Crippen molar-refractivity contribution in [3.63, 3.8) is 0 Å². The van der Waals surface area contributed by atoms with E-state index in [1.165, 1.54) is 0 Å². The first-order chi connectivity index (χ1) is 12.1. The van der Waals surface area contributed by atoms with Crippen molar-refractivity contribution in [2.45, 2.75) is 19.6 Å². The van der Waals surface area contributed by atoms with Gasteiger partial charge in [0.15, 0.2) is 0 Å². The zero-order valence-electron chi connectivity index (χ0n) is 14.4. The van der Waals surface area contributed by atoms with E-state index >= 15 is 0 Å². The number of aromatic nitrogens is 2. The summed E-state index contributed by atoms with van der Waals surface area (Å²) in [7, 11) is 2.01. The molecule has 2 aromatic carbocycles. The van der Waals surface area contributed by atoms with Gasteiger partial charge in [-0.1, -0.05) is 18.2 Å². The standard InChI is InChI=1S/C19H22N4O2/c1-13(23(2)15-6-4-3-5-7-15)11-20-19(25)14-8-9-16-17(10-14)22-18(12-24)21-16/h3-10,13,24H,11-12H2,1-2H3,(H,20,25)(H,21,22)/t13-/m0/s1. The SMILES string of the molecule is C[C@@H](CNC(=O)c1ccc2nc(CO)[nH]c2c1)N(C)c1ccccc1. The Balaban J connectivity index is 1.64. The summed E-state index contributed by atoms with van der Waals surface area (Å²) >= 11 is 0. The third-order valence-corrected chi connectivity index (χ3v) is 4.33. The van der Waals surface area contributed by atoms with Gasteiger partial charge in [0.1, 0.15) is 12.4 Å². The van der Waals surface area contributed by atoms with E-state index in [0.29, 0.717) is 17.9 Å². The van der Waals surface area contributed by atoms with Crippen molar-refractivity contribution in [2.24, 2.45) is 0 Å². The highest BCUT2D eigenvalue weighted by atomic mass is 16.3. The number of nitrogens with zero attached hydrogens (tertiary/aromatic N) is 2. The van der Waals surface area contributed by atoms with Crippen LogP contribution in [0, 0.1) is 0 Å². The van der Waals surface area contributed by atoms with Crippen molar-refractivity contribution in [2.75, 3.05) is 18.5 Å². The van der Waals surface area contributed by atoms with E-state index in [2.05, 4.69) is 27.1 Å². The lowest BCUT2D eigenvalue weighted by Gasteiger charge is -2.27. The minimum atomic E-state index is -0.153. The zero-order valence-corrected chi connectivity index (χ0v) is 14.4. The van der Waals surface area contributed by atoms with Gasteiger partial charge in [0.2, 0.25) is 0 Å². The number of likely N-dealkylation sites (N-methyl/N-ethyl adjacent to an activating group) is 1. The van der Waals surface area contributed by atoms with Crippen LogP contribution in [-0.2, 0) is 6.61 Å². The number of aliphatic hydroxyl groups is 1. The summed E-state index contributed by atoms with van der Waals surface area (Å²) in [6.45, 7) is 2.45. The van der Waals surface area contributed by atoms with Crippen LogP contribution in [0.2, 0.25) is 0 Å². The molecule has 0 aliphatic rings. The Morgan fingerprint density at radius 1 is 1.28 bits per heavy atom. The van der Waals surface area contributed by atoms with Crippen LogP contribution in [0.5, 0.6) is 0 Å². The highest BCUT2D eigenvalue weighted by Crippen LogP contribution is 2.15. The molecule has 1 heterocycles. The number of imidazole rings is 1. The van der Waals surface area contributed by atoms with E-state index in [9.17, 15) is 4.79 Å². The van der Waals surface area contributed by atoms with Crippen LogP contribution in [0.4, 0.5) is 5.69 Å². The summed E-state index contributed by atoms with van der Waals surface area (Å²) < 4.78 is 0. The van der Waals surface area contributed by atoms with E-state index in [1.54, 1.807) is 18.2 Å². The molecule has 0 radical (unpaired) electrons. The number of H-pyrrole nitrogens is 1. The van der Waals surface area contributed by atoms with Gasteiger partial charge in [-0.2, -0.15) is 0 Å². The number of hydrogen-bond donors (Lipinski definition) is 3. The molecule has 0 fully saturated rings. The summed E-state index contributed by atoms with van der Waals surface area (Å²) in [6.07, 6.45) is 0. The maximum absolute atomic E-state index is 12.4. The van der Waals surface area contributed by atoms with Gasteiger partial charge in [-0.15, -0.1) is 0 Å². The molecule has 1 amide bonds. The number of amides is 1. The van der Waals surface area contributed by atoms with Gasteiger partial charge < -0.3 is 20.3 Å². The third kappa shape index (κ3) is 3.80. The van der Waals surface area contributed by atoms with E-state index < -0.39 is 0 Å². The fourth-order valence-electron chi connectivity index (χ4n) is 2.68. The Bertz CT molecular complexity index is 860. The van der Waals surface area contributed by atoms with Crippen LogP contribution in [0.3, 0.4) is 0 Å². The van der Waals surface area contributed by atoms with Gasteiger partial charge in [0.05, 0.1) is 11.0 Å². The third-order valence-electron chi connectivity index (χ3n) is 4.33. The number of fused-ring (bicyclic) bond motifs is 1. The van der Waals surface area contributed by atoms with Crippen LogP contribution in [0.25, 0.3) is 11.0 Å². The van der Waals surface area contributed by atoms with Crippen molar-refractivity contribution in [3.05, 3.63) is 59.9 Å². The number of hydrogen-bond acceptors (Lipinski definition) is 4. The number of aromatic amines is 1. The van der Waals surface area contributed by atoms with Gasteiger partial charge in [-0.25, -0.2) is 4.98 Å². The average Bonchev–Trinajstić information content (AvgIpc) is 3.08. The van der Waals surface area contributed by atoms with E-state index in [-0.39, 0.29) is 18.6 Å². The Hall–Kier alpha value is -2.86. The molecule has 0 bridgehead atoms. The molecule has 130 valence electrons. The fraction of sp³-hybridized carbons (Fsp3) is 0.263. The summed E-state index contributed by atoms with van der Waals surface area (Å²) in [4.78, 5) is 21.8. The molecule has 0 spiro atoms. The molecular weight excluding hydrogens is 316 g/mol. The van der Waals surface area contributed by atoms with Crippen LogP contribution in [0.1, 0.15) is 23.1 Å². The highest BCUT2D eigenvalue weighted by Gasteiger charge is 2.13. The first-order valence-electron chi connectivity index (χ1n) is 8.24. The van der Waals surface area contributed by atoms with E-state index in [4.69, 9.17) is 5.11 Å². The maximum Gasteiger partial charge on any atom is 0.251 e. The zero-order chi connectivity index (χ0) is 17.8. The second kappa shape index (κ2) is 7.36. The highest BCUT2D eigenvalue weighted by molar-refractivity contribution is 5.97. The first kappa shape index (κ1) is 17.0. The molecule has 1 aromatic heterocycles. The van der Waals surface area contributed by atoms with Crippen molar-refractivity contribution in [1.82, 2.24) is 15.3 Å². The Morgan fingerprint density at radius 2 is 2.04 bits per heavy atom. The lowest BCUT2D eigenvalue weighted by Crippen LogP contribution is -2.40. The van der Waals surface area contributed by atoms with E-state index in [1.807, 2.05) is 37.4 Å². The van der Waals surface area contributed by atoms with Gasteiger partial charge >= 0.3 is 0 Å². The molecule has 0 saturated carbocycles. The Kier molecular flexibility index (Phi) is 5.00. The second-order valence-electron chi connectivity index (χ2n) is 6.08. The molecule has 0 aliphatic heterocycles. The Morgan fingerprint density at radius 3 is 2.76 bits per heavy atom. The van der Waals surface area contributed by atoms with Gasteiger partial charge in [0, 0.05) is 30.9 Å². The fourth-order valence-corrected chi connectivity index (χ4v) is 2.68. The van der Waals surface area contributed by atoms with Gasteiger partial charge in [-0.3, -0.25) is 4.79 Å². The van der Waals surface area contributed by atoms with Crippen molar-refractivity contribution >= 4 is 22.6 Å². The number of carbonyl (C=O) groups excluding carboxylic acids is 1. The topological polar surface area (TPSA) is 81.2 Å². The number of para-hydroxylation sites is 1.